The fourth-order valence-corrected chi connectivity index (χ4v) is 5.70. The third-order valence-electron chi connectivity index (χ3n) is 7.31. The highest BCUT2D eigenvalue weighted by molar-refractivity contribution is 6.12. The average molecular weight is 460 g/mol. The van der Waals surface area contributed by atoms with Crippen molar-refractivity contribution in [2.24, 2.45) is 0 Å². The van der Waals surface area contributed by atoms with Crippen LogP contribution in [0.2, 0.25) is 0 Å². The van der Waals surface area contributed by atoms with Crippen LogP contribution in [0.1, 0.15) is 0 Å². The van der Waals surface area contributed by atoms with E-state index in [2.05, 4.69) is 130 Å². The van der Waals surface area contributed by atoms with Crippen molar-refractivity contribution in [3.05, 3.63) is 128 Å². The Hall–Kier alpha value is -4.89. The SMILES string of the molecule is c1ccc(-n2c3ccccc3c3cc(-c4cn5c6ccccc6nc5c5ccccc45)ccc32)cc1. The van der Waals surface area contributed by atoms with E-state index in [1.54, 1.807) is 0 Å². The van der Waals surface area contributed by atoms with Gasteiger partial charge in [0.05, 0.1) is 22.1 Å². The Kier molecular flexibility index (Phi) is 3.94. The lowest BCUT2D eigenvalue weighted by atomic mass is 9.99. The molecule has 0 amide bonds. The maximum absolute atomic E-state index is 4.97. The zero-order valence-corrected chi connectivity index (χ0v) is 19.5. The van der Waals surface area contributed by atoms with Crippen LogP contribution in [0.4, 0.5) is 0 Å². The molecule has 3 aromatic heterocycles. The van der Waals surface area contributed by atoms with E-state index in [-0.39, 0.29) is 0 Å². The van der Waals surface area contributed by atoms with E-state index in [0.717, 1.165) is 22.1 Å². The Morgan fingerprint density at radius 1 is 0.500 bits per heavy atom. The first-order valence-electron chi connectivity index (χ1n) is 12.2. The summed E-state index contributed by atoms with van der Waals surface area (Å²) in [6.07, 6.45) is 2.25. The van der Waals surface area contributed by atoms with Gasteiger partial charge in [-0.15, -0.1) is 0 Å². The van der Waals surface area contributed by atoms with Crippen molar-refractivity contribution >= 4 is 49.3 Å². The number of fused-ring (bicyclic) bond motifs is 8. The minimum atomic E-state index is 0.998. The summed E-state index contributed by atoms with van der Waals surface area (Å²) in [5.74, 6) is 0. The molecule has 3 nitrogen and oxygen atoms in total. The number of hydrogen-bond donors (Lipinski definition) is 0. The molecule has 8 aromatic rings. The molecule has 36 heavy (non-hydrogen) atoms. The standard InChI is InChI=1S/C33H21N3/c1-2-10-23(11-3-1)36-30-16-8-6-13-25(30)27-20-22(18-19-31(27)36)28-21-35-32-17-9-7-15-29(32)34-33(35)26-14-5-4-12-24(26)28/h1-21H. The van der Waals surface area contributed by atoms with Crippen molar-refractivity contribution in [3.8, 4) is 16.8 Å². The Morgan fingerprint density at radius 3 is 2.03 bits per heavy atom. The third kappa shape index (κ3) is 2.65. The van der Waals surface area contributed by atoms with E-state index >= 15 is 0 Å². The van der Waals surface area contributed by atoms with Gasteiger partial charge >= 0.3 is 0 Å². The largest absolute Gasteiger partial charge is 0.309 e. The Bertz CT molecular complexity index is 2100. The van der Waals surface area contributed by atoms with Gasteiger partial charge in [-0.2, -0.15) is 0 Å². The highest BCUT2D eigenvalue weighted by atomic mass is 15.0. The van der Waals surface area contributed by atoms with Crippen molar-refractivity contribution in [2.75, 3.05) is 0 Å². The van der Waals surface area contributed by atoms with Gasteiger partial charge in [-0.25, -0.2) is 4.98 Å². The predicted octanol–water partition coefficient (Wildman–Crippen LogP) is 8.40. The van der Waals surface area contributed by atoms with Gasteiger partial charge in [-0.3, -0.25) is 4.40 Å². The number of rotatable bonds is 2. The van der Waals surface area contributed by atoms with Crippen LogP contribution in [0, 0.1) is 0 Å². The minimum Gasteiger partial charge on any atom is -0.309 e. The van der Waals surface area contributed by atoms with Crippen molar-refractivity contribution < 1.29 is 0 Å². The van der Waals surface area contributed by atoms with Crippen molar-refractivity contribution in [1.29, 1.82) is 0 Å². The first-order valence-corrected chi connectivity index (χ1v) is 12.2. The topological polar surface area (TPSA) is 22.2 Å². The normalized spacial score (nSPS) is 11.9. The maximum atomic E-state index is 4.97. The van der Waals surface area contributed by atoms with Crippen molar-refractivity contribution in [3.63, 3.8) is 0 Å². The second-order valence-electron chi connectivity index (χ2n) is 9.30. The molecule has 8 rings (SSSR count). The van der Waals surface area contributed by atoms with Crippen LogP contribution in [0.25, 0.3) is 66.1 Å². The summed E-state index contributed by atoms with van der Waals surface area (Å²) in [7, 11) is 0. The van der Waals surface area contributed by atoms with Crippen molar-refractivity contribution in [1.82, 2.24) is 14.0 Å². The molecule has 168 valence electrons. The Labute approximate surface area is 207 Å². The van der Waals surface area contributed by atoms with Gasteiger partial charge in [0.1, 0.15) is 5.65 Å². The molecular weight excluding hydrogens is 438 g/mol. The van der Waals surface area contributed by atoms with Crippen LogP contribution in [-0.2, 0) is 0 Å². The molecule has 0 bridgehead atoms. The molecule has 0 N–H and O–H groups in total. The van der Waals surface area contributed by atoms with Gasteiger partial charge in [0.2, 0.25) is 0 Å². The first-order chi connectivity index (χ1) is 17.9. The summed E-state index contributed by atoms with van der Waals surface area (Å²) in [5.41, 5.74) is 9.16. The lowest BCUT2D eigenvalue weighted by Crippen LogP contribution is -1.93. The fourth-order valence-electron chi connectivity index (χ4n) is 5.70. The number of benzene rings is 5. The number of para-hydroxylation sites is 4. The van der Waals surface area contributed by atoms with Crippen LogP contribution in [-0.4, -0.2) is 14.0 Å². The molecule has 0 unspecified atom stereocenters. The lowest BCUT2D eigenvalue weighted by molar-refractivity contribution is 1.18. The smallest absolute Gasteiger partial charge is 0.145 e. The van der Waals surface area contributed by atoms with Gasteiger partial charge in [0, 0.05) is 33.6 Å². The Morgan fingerprint density at radius 2 is 1.17 bits per heavy atom. The summed E-state index contributed by atoms with van der Waals surface area (Å²) >= 11 is 0. The number of nitrogens with zero attached hydrogens (tertiary/aromatic N) is 3. The van der Waals surface area contributed by atoms with E-state index in [0.29, 0.717) is 0 Å². The molecule has 0 radical (unpaired) electrons. The van der Waals surface area contributed by atoms with E-state index < -0.39 is 0 Å². The zero-order chi connectivity index (χ0) is 23.6. The van der Waals surface area contributed by atoms with Gasteiger partial charge < -0.3 is 4.57 Å². The fraction of sp³-hybridized carbons (Fsp3) is 0. The molecule has 0 saturated carbocycles. The molecule has 3 heteroatoms. The Balaban J connectivity index is 1.47. The first kappa shape index (κ1) is 19.4. The lowest BCUT2D eigenvalue weighted by Gasteiger charge is -2.11. The molecule has 0 aliphatic rings. The van der Waals surface area contributed by atoms with Crippen LogP contribution < -0.4 is 0 Å². The van der Waals surface area contributed by atoms with E-state index in [1.807, 2.05) is 6.07 Å². The summed E-state index contributed by atoms with van der Waals surface area (Å²) in [6.45, 7) is 0. The van der Waals surface area contributed by atoms with Crippen LogP contribution in [0.5, 0.6) is 0 Å². The average Bonchev–Trinajstić information content (AvgIpc) is 3.49. The van der Waals surface area contributed by atoms with Gasteiger partial charge in [0.15, 0.2) is 0 Å². The van der Waals surface area contributed by atoms with Crippen LogP contribution in [0.15, 0.2) is 128 Å². The number of imidazole rings is 1. The summed E-state index contributed by atoms with van der Waals surface area (Å²) in [4.78, 5) is 4.97. The van der Waals surface area contributed by atoms with Gasteiger partial charge in [-0.1, -0.05) is 78.9 Å². The number of aromatic nitrogens is 3. The highest BCUT2D eigenvalue weighted by Gasteiger charge is 2.16. The van der Waals surface area contributed by atoms with E-state index in [4.69, 9.17) is 4.98 Å². The minimum absolute atomic E-state index is 0.998. The molecule has 3 heterocycles. The molecule has 0 fully saturated rings. The molecule has 0 spiro atoms. The zero-order valence-electron chi connectivity index (χ0n) is 19.5. The highest BCUT2D eigenvalue weighted by Crippen LogP contribution is 2.38. The van der Waals surface area contributed by atoms with Crippen LogP contribution in [0.3, 0.4) is 0 Å². The summed E-state index contributed by atoms with van der Waals surface area (Å²) < 4.78 is 4.60. The summed E-state index contributed by atoms with van der Waals surface area (Å²) in [5, 5.41) is 4.90. The maximum Gasteiger partial charge on any atom is 0.145 e. The monoisotopic (exact) mass is 459 g/mol. The van der Waals surface area contributed by atoms with Gasteiger partial charge in [0.25, 0.3) is 0 Å². The summed E-state index contributed by atoms with van der Waals surface area (Å²) in [6, 6.07) is 43.1. The third-order valence-corrected chi connectivity index (χ3v) is 7.31. The van der Waals surface area contributed by atoms with E-state index in [9.17, 15) is 0 Å². The molecule has 0 aliphatic heterocycles. The quantitative estimate of drug-likeness (QED) is 0.254. The molecular formula is C33H21N3. The molecule has 0 aliphatic carbocycles. The second kappa shape index (κ2) is 7.30. The van der Waals surface area contributed by atoms with Crippen LogP contribution >= 0.6 is 0 Å². The molecule has 0 saturated heterocycles. The molecule has 5 aromatic carbocycles. The van der Waals surface area contributed by atoms with Crippen molar-refractivity contribution in [2.45, 2.75) is 0 Å². The molecule has 0 atom stereocenters. The predicted molar refractivity (Wildman–Crippen MR) is 150 cm³/mol. The number of pyridine rings is 1. The second-order valence-corrected chi connectivity index (χ2v) is 9.30. The van der Waals surface area contributed by atoms with E-state index in [1.165, 1.54) is 44.0 Å². The number of hydrogen-bond acceptors (Lipinski definition) is 1. The van der Waals surface area contributed by atoms with Gasteiger partial charge in [-0.05, 0) is 53.4 Å².